The van der Waals surface area contributed by atoms with Crippen LogP contribution in [0.1, 0.15) is 48.9 Å². The highest BCUT2D eigenvalue weighted by atomic mass is 16.5. The molecule has 0 bridgehead atoms. The van der Waals surface area contributed by atoms with Crippen LogP contribution in [0.15, 0.2) is 10.6 Å². The predicted molar refractivity (Wildman–Crippen MR) is 75.5 cm³/mol. The van der Waals surface area contributed by atoms with E-state index in [-0.39, 0.29) is 5.91 Å². The lowest BCUT2D eigenvalue weighted by Crippen LogP contribution is -2.51. The van der Waals surface area contributed by atoms with E-state index < -0.39 is 0 Å². The fourth-order valence-corrected chi connectivity index (χ4v) is 3.45. The lowest BCUT2D eigenvalue weighted by Gasteiger charge is -2.38. The number of fused-ring (bicyclic) bond motifs is 1. The number of amides is 1. The number of carbonyl (C=O) groups excluding carboxylic acids is 1. The van der Waals surface area contributed by atoms with Crippen LogP contribution >= 0.6 is 0 Å². The zero-order valence-corrected chi connectivity index (χ0v) is 12.1. The molecule has 0 aromatic carbocycles. The van der Waals surface area contributed by atoms with E-state index in [1.54, 1.807) is 6.07 Å². The molecule has 1 aromatic rings. The summed E-state index contributed by atoms with van der Waals surface area (Å²) in [5.41, 5.74) is 0.473. The minimum Gasteiger partial charge on any atom is -0.361 e. The highest BCUT2D eigenvalue weighted by Crippen LogP contribution is 2.28. The van der Waals surface area contributed by atoms with Gasteiger partial charge in [0, 0.05) is 25.1 Å². The highest BCUT2D eigenvalue weighted by Gasteiger charge is 2.35. The fraction of sp³-hybridized carbons (Fsp3) is 0.733. The molecule has 1 amide bonds. The summed E-state index contributed by atoms with van der Waals surface area (Å²) in [6.45, 7) is 4.90. The Labute approximate surface area is 119 Å². The number of aryl methyl sites for hydroxylation is 1. The van der Waals surface area contributed by atoms with Crippen molar-refractivity contribution in [3.8, 4) is 0 Å². The lowest BCUT2D eigenvalue weighted by atomic mass is 9.89. The van der Waals surface area contributed by atoms with Crippen molar-refractivity contribution in [2.45, 2.75) is 45.1 Å². The zero-order chi connectivity index (χ0) is 13.9. The molecule has 2 fully saturated rings. The van der Waals surface area contributed by atoms with Gasteiger partial charge < -0.3 is 14.7 Å². The Kier molecular flexibility index (Phi) is 4.05. The molecule has 1 N–H and O–H groups in total. The van der Waals surface area contributed by atoms with Crippen LogP contribution in [0.3, 0.4) is 0 Å². The van der Waals surface area contributed by atoms with Gasteiger partial charge >= 0.3 is 0 Å². The van der Waals surface area contributed by atoms with Crippen LogP contribution in [-0.4, -0.2) is 41.6 Å². The number of likely N-dealkylation sites (tertiary alicyclic amines) is 1. The van der Waals surface area contributed by atoms with Crippen molar-refractivity contribution >= 4 is 5.91 Å². The van der Waals surface area contributed by atoms with Gasteiger partial charge in [0.25, 0.3) is 5.91 Å². The molecule has 20 heavy (non-hydrogen) atoms. The topological polar surface area (TPSA) is 58.4 Å². The first kappa shape index (κ1) is 13.6. The lowest BCUT2D eigenvalue weighted by molar-refractivity contribution is 0.0576. The molecule has 5 nitrogen and oxygen atoms in total. The van der Waals surface area contributed by atoms with Crippen molar-refractivity contribution in [1.29, 1.82) is 0 Å². The number of hydrogen-bond acceptors (Lipinski definition) is 4. The molecule has 2 aliphatic heterocycles. The second-order valence-electron chi connectivity index (χ2n) is 5.85. The van der Waals surface area contributed by atoms with Crippen LogP contribution in [0.5, 0.6) is 0 Å². The van der Waals surface area contributed by atoms with E-state index in [9.17, 15) is 4.79 Å². The molecule has 3 heterocycles. The van der Waals surface area contributed by atoms with E-state index in [4.69, 9.17) is 4.52 Å². The smallest absolute Gasteiger partial charge is 0.276 e. The van der Waals surface area contributed by atoms with Crippen molar-refractivity contribution < 1.29 is 9.32 Å². The molecule has 2 aliphatic rings. The quantitative estimate of drug-likeness (QED) is 0.896. The van der Waals surface area contributed by atoms with Crippen molar-refractivity contribution in [1.82, 2.24) is 15.4 Å². The molecular weight excluding hydrogens is 254 g/mol. The molecule has 5 heteroatoms. The van der Waals surface area contributed by atoms with Crippen LogP contribution in [0.2, 0.25) is 0 Å². The molecule has 3 rings (SSSR count). The Hall–Kier alpha value is -1.36. The van der Waals surface area contributed by atoms with Gasteiger partial charge in [-0.1, -0.05) is 18.5 Å². The van der Waals surface area contributed by atoms with E-state index in [1.165, 1.54) is 12.8 Å². The summed E-state index contributed by atoms with van der Waals surface area (Å²) in [4.78, 5) is 14.8. The molecular formula is C15H23N3O2. The van der Waals surface area contributed by atoms with Gasteiger partial charge in [0.15, 0.2) is 5.69 Å². The van der Waals surface area contributed by atoms with Crippen molar-refractivity contribution in [2.24, 2.45) is 5.92 Å². The average Bonchev–Trinajstić information content (AvgIpc) is 2.86. The fourth-order valence-electron chi connectivity index (χ4n) is 3.45. The van der Waals surface area contributed by atoms with Crippen LogP contribution in [-0.2, 0) is 6.42 Å². The number of aromatic nitrogens is 1. The summed E-state index contributed by atoms with van der Waals surface area (Å²) in [5.74, 6) is 1.42. The monoisotopic (exact) mass is 277 g/mol. The van der Waals surface area contributed by atoms with Crippen molar-refractivity contribution in [2.75, 3.05) is 19.6 Å². The SMILES string of the molecule is CCc1cc(C(=O)N2CCCC[C@H]3CNCC[C@H]32)no1. The summed E-state index contributed by atoms with van der Waals surface area (Å²) in [5, 5.41) is 7.40. The molecule has 2 atom stereocenters. The Morgan fingerprint density at radius 1 is 1.50 bits per heavy atom. The van der Waals surface area contributed by atoms with Gasteiger partial charge in [-0.3, -0.25) is 4.79 Å². The van der Waals surface area contributed by atoms with Crippen LogP contribution in [0.4, 0.5) is 0 Å². The first-order chi connectivity index (χ1) is 9.79. The van der Waals surface area contributed by atoms with Crippen LogP contribution < -0.4 is 5.32 Å². The first-order valence-corrected chi connectivity index (χ1v) is 7.77. The Bertz CT molecular complexity index is 471. The maximum absolute atomic E-state index is 12.7. The average molecular weight is 277 g/mol. The number of nitrogens with one attached hydrogen (secondary N) is 1. The molecule has 1 aromatic heterocycles. The number of carbonyl (C=O) groups is 1. The van der Waals surface area contributed by atoms with Crippen LogP contribution in [0, 0.1) is 5.92 Å². The van der Waals surface area contributed by atoms with E-state index >= 15 is 0 Å². The number of piperidine rings is 1. The molecule has 2 saturated heterocycles. The summed E-state index contributed by atoms with van der Waals surface area (Å²) in [6.07, 6.45) is 5.36. The second-order valence-corrected chi connectivity index (χ2v) is 5.85. The Morgan fingerprint density at radius 2 is 2.40 bits per heavy atom. The standard InChI is InChI=1S/C15H23N3O2/c1-2-12-9-13(17-20-12)15(19)18-8-4-3-5-11-10-16-7-6-14(11)18/h9,11,14,16H,2-8,10H2,1H3/t11-,14+/m0/s1. The van der Waals surface area contributed by atoms with E-state index in [2.05, 4.69) is 15.4 Å². The third-order valence-corrected chi connectivity index (χ3v) is 4.58. The van der Waals surface area contributed by atoms with Crippen molar-refractivity contribution in [3.05, 3.63) is 17.5 Å². The van der Waals surface area contributed by atoms with Gasteiger partial charge in [-0.25, -0.2) is 0 Å². The second kappa shape index (κ2) is 5.95. The van der Waals surface area contributed by atoms with E-state index in [0.29, 0.717) is 17.7 Å². The normalized spacial score (nSPS) is 26.9. The molecule has 0 radical (unpaired) electrons. The number of nitrogens with zero attached hydrogens (tertiary/aromatic N) is 2. The summed E-state index contributed by atoms with van der Waals surface area (Å²) < 4.78 is 5.18. The summed E-state index contributed by atoms with van der Waals surface area (Å²) in [6, 6.07) is 2.16. The van der Waals surface area contributed by atoms with E-state index in [0.717, 1.165) is 44.7 Å². The molecule has 0 saturated carbocycles. The molecule has 0 spiro atoms. The zero-order valence-electron chi connectivity index (χ0n) is 12.1. The predicted octanol–water partition coefficient (Wildman–Crippen LogP) is 1.84. The highest BCUT2D eigenvalue weighted by molar-refractivity contribution is 5.92. The molecule has 0 unspecified atom stereocenters. The third-order valence-electron chi connectivity index (χ3n) is 4.58. The first-order valence-electron chi connectivity index (χ1n) is 7.77. The Balaban J connectivity index is 1.80. The minimum absolute atomic E-state index is 0.0484. The molecule has 110 valence electrons. The van der Waals surface area contributed by atoms with Crippen molar-refractivity contribution in [3.63, 3.8) is 0 Å². The summed E-state index contributed by atoms with van der Waals surface area (Å²) in [7, 11) is 0. The summed E-state index contributed by atoms with van der Waals surface area (Å²) >= 11 is 0. The van der Waals surface area contributed by atoms with Gasteiger partial charge in [0.05, 0.1) is 0 Å². The van der Waals surface area contributed by atoms with Crippen LogP contribution in [0.25, 0.3) is 0 Å². The van der Waals surface area contributed by atoms with Gasteiger partial charge in [-0.05, 0) is 38.3 Å². The van der Waals surface area contributed by atoms with E-state index in [1.807, 2.05) is 6.92 Å². The molecule has 0 aliphatic carbocycles. The maximum Gasteiger partial charge on any atom is 0.276 e. The van der Waals surface area contributed by atoms with Gasteiger partial charge in [0.2, 0.25) is 0 Å². The Morgan fingerprint density at radius 3 is 3.20 bits per heavy atom. The number of rotatable bonds is 2. The van der Waals surface area contributed by atoms with Gasteiger partial charge in [-0.2, -0.15) is 0 Å². The number of hydrogen-bond donors (Lipinski definition) is 1. The third kappa shape index (κ3) is 2.59. The van der Waals surface area contributed by atoms with Gasteiger partial charge in [0.1, 0.15) is 5.76 Å². The largest absolute Gasteiger partial charge is 0.361 e. The maximum atomic E-state index is 12.7. The van der Waals surface area contributed by atoms with Gasteiger partial charge in [-0.15, -0.1) is 0 Å². The minimum atomic E-state index is 0.0484.